The van der Waals surface area contributed by atoms with E-state index >= 15 is 0 Å². The summed E-state index contributed by atoms with van der Waals surface area (Å²) in [6.07, 6.45) is -4.53. The van der Waals surface area contributed by atoms with Crippen LogP contribution in [0.3, 0.4) is 0 Å². The van der Waals surface area contributed by atoms with E-state index in [1.807, 2.05) is 38.2 Å². The van der Waals surface area contributed by atoms with Crippen molar-refractivity contribution in [3.63, 3.8) is 0 Å². The number of benzene rings is 3. The van der Waals surface area contributed by atoms with Crippen molar-refractivity contribution < 1.29 is 17.7 Å². The number of hydrogen-bond donors (Lipinski definition) is 1. The van der Waals surface area contributed by atoms with Gasteiger partial charge >= 0.3 is 6.18 Å². The van der Waals surface area contributed by atoms with Crippen molar-refractivity contribution in [3.8, 4) is 34.0 Å². The Morgan fingerprint density at radius 3 is 2.41 bits per heavy atom. The minimum absolute atomic E-state index is 0.0360. The summed E-state index contributed by atoms with van der Waals surface area (Å²) in [6, 6.07) is 18.9. The molecule has 0 aliphatic carbocycles. The highest BCUT2D eigenvalue weighted by Gasteiger charge is 2.34. The van der Waals surface area contributed by atoms with E-state index in [9.17, 15) is 13.2 Å². The number of halogens is 3. The van der Waals surface area contributed by atoms with Crippen LogP contribution in [0.25, 0.3) is 34.0 Å². The maximum absolute atomic E-state index is 13.9. The van der Waals surface area contributed by atoms with Gasteiger partial charge in [-0.15, -0.1) is 0 Å². The highest BCUT2D eigenvalue weighted by Crippen LogP contribution is 2.40. The first kappa shape index (κ1) is 21.8. The summed E-state index contributed by atoms with van der Waals surface area (Å²) in [7, 11) is 1.86. The Bertz CT molecular complexity index is 1250. The van der Waals surface area contributed by atoms with E-state index < -0.39 is 11.7 Å². The van der Waals surface area contributed by atoms with Gasteiger partial charge in [-0.25, -0.2) is 0 Å². The maximum Gasteiger partial charge on any atom is 0.417 e. The van der Waals surface area contributed by atoms with E-state index in [-0.39, 0.29) is 23.1 Å². The van der Waals surface area contributed by atoms with Crippen molar-refractivity contribution in [2.24, 2.45) is 0 Å². The third-order valence-corrected chi connectivity index (χ3v) is 5.51. The number of nitrogens with zero attached hydrogens (tertiary/aromatic N) is 2. The molecule has 0 saturated heterocycles. The Morgan fingerprint density at radius 1 is 0.906 bits per heavy atom. The number of alkyl halides is 3. The Kier molecular flexibility index (Phi) is 5.84. The van der Waals surface area contributed by atoms with Gasteiger partial charge in [0.25, 0.3) is 5.89 Å². The van der Waals surface area contributed by atoms with Crippen LogP contribution in [-0.4, -0.2) is 17.2 Å². The largest absolute Gasteiger partial charge is 0.417 e. The van der Waals surface area contributed by atoms with Crippen molar-refractivity contribution in [2.45, 2.75) is 26.1 Å². The van der Waals surface area contributed by atoms with E-state index in [1.54, 1.807) is 37.3 Å². The van der Waals surface area contributed by atoms with Crippen LogP contribution in [0.1, 0.15) is 29.7 Å². The van der Waals surface area contributed by atoms with Crippen molar-refractivity contribution in [1.82, 2.24) is 15.5 Å². The molecule has 7 heteroatoms. The molecule has 1 aromatic heterocycles. The first-order valence-corrected chi connectivity index (χ1v) is 10.2. The van der Waals surface area contributed by atoms with Crippen molar-refractivity contribution in [3.05, 3.63) is 83.4 Å². The number of aryl methyl sites for hydroxylation is 1. The van der Waals surface area contributed by atoms with E-state index in [1.165, 1.54) is 6.07 Å². The summed E-state index contributed by atoms with van der Waals surface area (Å²) in [4.78, 5) is 4.35. The van der Waals surface area contributed by atoms with Crippen LogP contribution in [0.2, 0.25) is 0 Å². The minimum atomic E-state index is -4.53. The molecule has 164 valence electrons. The molecule has 0 saturated carbocycles. The average Bonchev–Trinajstić information content (AvgIpc) is 3.28. The molecule has 0 amide bonds. The molecule has 1 unspecified atom stereocenters. The van der Waals surface area contributed by atoms with Crippen molar-refractivity contribution in [1.29, 1.82) is 0 Å². The smallest absolute Gasteiger partial charge is 0.334 e. The van der Waals surface area contributed by atoms with Gasteiger partial charge in [-0.2, -0.15) is 18.2 Å². The Morgan fingerprint density at radius 2 is 1.69 bits per heavy atom. The van der Waals surface area contributed by atoms with E-state index in [2.05, 4.69) is 15.5 Å². The van der Waals surface area contributed by atoms with Crippen LogP contribution < -0.4 is 5.32 Å². The number of rotatable bonds is 5. The number of aromatic nitrogens is 2. The van der Waals surface area contributed by atoms with Gasteiger partial charge in [-0.1, -0.05) is 53.7 Å². The molecule has 0 aliphatic rings. The molecule has 4 nitrogen and oxygen atoms in total. The first-order chi connectivity index (χ1) is 15.3. The van der Waals surface area contributed by atoms with Gasteiger partial charge in [-0.3, -0.25) is 0 Å². The molecular formula is C25H22F3N3O. The predicted octanol–water partition coefficient (Wildman–Crippen LogP) is 6.68. The Balaban J connectivity index is 1.75. The van der Waals surface area contributed by atoms with Crippen LogP contribution in [0.4, 0.5) is 13.2 Å². The van der Waals surface area contributed by atoms with Gasteiger partial charge in [0.1, 0.15) is 0 Å². The molecule has 1 atom stereocenters. The van der Waals surface area contributed by atoms with Crippen molar-refractivity contribution in [2.75, 3.05) is 7.05 Å². The zero-order valence-electron chi connectivity index (χ0n) is 17.9. The van der Waals surface area contributed by atoms with Gasteiger partial charge in [0.2, 0.25) is 5.82 Å². The molecule has 4 aromatic rings. The Labute approximate surface area is 184 Å². The quantitative estimate of drug-likeness (QED) is 0.378. The molecule has 4 rings (SSSR count). The summed E-state index contributed by atoms with van der Waals surface area (Å²) < 4.78 is 47.1. The molecule has 0 spiro atoms. The molecular weight excluding hydrogens is 415 g/mol. The highest BCUT2D eigenvalue weighted by molar-refractivity contribution is 5.74. The van der Waals surface area contributed by atoms with Crippen LogP contribution in [0.5, 0.6) is 0 Å². The monoisotopic (exact) mass is 437 g/mol. The van der Waals surface area contributed by atoms with Gasteiger partial charge in [-0.05, 0) is 61.3 Å². The average molecular weight is 437 g/mol. The lowest BCUT2D eigenvalue weighted by Crippen LogP contribution is -2.12. The van der Waals surface area contributed by atoms with Crippen LogP contribution in [0, 0.1) is 6.92 Å². The Hall–Kier alpha value is -3.45. The van der Waals surface area contributed by atoms with Gasteiger partial charge < -0.3 is 9.84 Å². The van der Waals surface area contributed by atoms with E-state index in [4.69, 9.17) is 4.52 Å². The normalized spacial score (nSPS) is 12.7. The lowest BCUT2D eigenvalue weighted by molar-refractivity contribution is -0.137. The van der Waals surface area contributed by atoms with Gasteiger partial charge in [0.05, 0.1) is 5.56 Å². The highest BCUT2D eigenvalue weighted by atomic mass is 19.4. The second-order valence-corrected chi connectivity index (χ2v) is 7.63. The van der Waals surface area contributed by atoms with Crippen LogP contribution in [-0.2, 0) is 6.18 Å². The summed E-state index contributed by atoms with van der Waals surface area (Å²) in [5.74, 6) is 0.357. The van der Waals surface area contributed by atoms with Crippen LogP contribution >= 0.6 is 0 Å². The fraction of sp³-hybridized carbons (Fsp3) is 0.200. The fourth-order valence-electron chi connectivity index (χ4n) is 3.59. The van der Waals surface area contributed by atoms with E-state index in [0.717, 1.165) is 22.8 Å². The SMILES string of the molecule is CNC(C)c1cccc(-c2noc(-c3ccc(-c4ccccc4C)c(C(F)(F)F)c3)n2)c1. The third kappa shape index (κ3) is 4.29. The maximum atomic E-state index is 13.9. The molecule has 0 aliphatic heterocycles. The molecule has 1 N–H and O–H groups in total. The first-order valence-electron chi connectivity index (χ1n) is 10.2. The molecule has 0 fully saturated rings. The predicted molar refractivity (Wildman–Crippen MR) is 118 cm³/mol. The molecule has 3 aromatic carbocycles. The van der Waals surface area contributed by atoms with Gasteiger partial charge in [0, 0.05) is 17.2 Å². The van der Waals surface area contributed by atoms with E-state index in [0.29, 0.717) is 11.4 Å². The molecule has 0 radical (unpaired) electrons. The lowest BCUT2D eigenvalue weighted by Gasteiger charge is -2.15. The summed E-state index contributed by atoms with van der Waals surface area (Å²) >= 11 is 0. The third-order valence-electron chi connectivity index (χ3n) is 5.51. The summed E-state index contributed by atoms with van der Waals surface area (Å²) in [5.41, 5.74) is 2.66. The summed E-state index contributed by atoms with van der Waals surface area (Å²) in [6.45, 7) is 3.81. The second kappa shape index (κ2) is 8.59. The van der Waals surface area contributed by atoms with Gasteiger partial charge in [0.15, 0.2) is 0 Å². The summed E-state index contributed by atoms with van der Waals surface area (Å²) in [5, 5.41) is 7.15. The van der Waals surface area contributed by atoms with Crippen molar-refractivity contribution >= 4 is 0 Å². The lowest BCUT2D eigenvalue weighted by atomic mass is 9.94. The standard InChI is InChI=1S/C25H22F3N3O/c1-15-7-4-5-10-20(15)21-12-11-19(14-22(21)25(26,27)28)24-30-23(31-32-24)18-9-6-8-17(13-18)16(2)29-3/h4-14,16,29H,1-3H3. The molecule has 32 heavy (non-hydrogen) atoms. The fourth-order valence-corrected chi connectivity index (χ4v) is 3.59. The van der Waals surface area contributed by atoms with Crippen LogP contribution in [0.15, 0.2) is 71.3 Å². The molecule has 1 heterocycles. The minimum Gasteiger partial charge on any atom is -0.334 e. The number of hydrogen-bond acceptors (Lipinski definition) is 4. The topological polar surface area (TPSA) is 51.0 Å². The number of nitrogens with one attached hydrogen (secondary N) is 1. The second-order valence-electron chi connectivity index (χ2n) is 7.63. The zero-order valence-corrected chi connectivity index (χ0v) is 17.9. The zero-order chi connectivity index (χ0) is 22.9. The molecule has 0 bridgehead atoms.